The average molecular weight is 303 g/mol. The molecule has 0 amide bonds. The van der Waals surface area contributed by atoms with Crippen LogP contribution in [0.1, 0.15) is 43.6 Å². The Morgan fingerprint density at radius 3 is 2.81 bits per heavy atom. The van der Waals surface area contributed by atoms with Crippen molar-refractivity contribution in [3.05, 3.63) is 59.1 Å². The van der Waals surface area contributed by atoms with E-state index < -0.39 is 0 Å². The predicted molar refractivity (Wildman–Crippen MR) is 90.7 cm³/mol. The van der Waals surface area contributed by atoms with E-state index in [0.29, 0.717) is 0 Å². The van der Waals surface area contributed by atoms with E-state index in [1.807, 2.05) is 18.3 Å². The van der Waals surface area contributed by atoms with Crippen molar-refractivity contribution in [2.75, 3.05) is 0 Å². The fraction of sp³-hybridized carbons (Fsp3) is 0.389. The summed E-state index contributed by atoms with van der Waals surface area (Å²) in [6.45, 7) is 9.50. The maximum atomic E-state index is 6.13. The lowest BCUT2D eigenvalue weighted by Crippen LogP contribution is -2.05. The SMILES string of the molecule is C=C(CC)c1cc(Cl)ccc1CCc1nccn1CCC. The number of benzene rings is 1. The van der Waals surface area contributed by atoms with E-state index in [1.165, 1.54) is 11.1 Å². The molecule has 2 nitrogen and oxygen atoms in total. The van der Waals surface area contributed by atoms with E-state index in [-0.39, 0.29) is 0 Å². The van der Waals surface area contributed by atoms with E-state index in [2.05, 4.69) is 42.2 Å². The lowest BCUT2D eigenvalue weighted by atomic mass is 9.96. The highest BCUT2D eigenvalue weighted by Crippen LogP contribution is 2.25. The fourth-order valence-electron chi connectivity index (χ4n) is 2.55. The fourth-order valence-corrected chi connectivity index (χ4v) is 2.72. The molecule has 0 aliphatic heterocycles. The minimum atomic E-state index is 0.774. The van der Waals surface area contributed by atoms with Gasteiger partial charge in [0.05, 0.1) is 0 Å². The minimum Gasteiger partial charge on any atom is -0.335 e. The maximum absolute atomic E-state index is 6.13. The van der Waals surface area contributed by atoms with E-state index >= 15 is 0 Å². The first kappa shape index (κ1) is 15.8. The highest BCUT2D eigenvalue weighted by Gasteiger charge is 2.08. The number of aromatic nitrogens is 2. The van der Waals surface area contributed by atoms with Crippen molar-refractivity contribution >= 4 is 17.2 Å². The van der Waals surface area contributed by atoms with Crippen molar-refractivity contribution in [3.8, 4) is 0 Å². The number of hydrogen-bond acceptors (Lipinski definition) is 1. The first-order chi connectivity index (χ1) is 10.2. The zero-order valence-corrected chi connectivity index (χ0v) is 13.7. The Labute approximate surface area is 132 Å². The molecule has 0 fully saturated rings. The van der Waals surface area contributed by atoms with Crippen LogP contribution in [0.4, 0.5) is 0 Å². The van der Waals surface area contributed by atoms with Crippen LogP contribution < -0.4 is 0 Å². The van der Waals surface area contributed by atoms with Gasteiger partial charge in [0.2, 0.25) is 0 Å². The van der Waals surface area contributed by atoms with Crippen LogP contribution in [0.3, 0.4) is 0 Å². The number of halogens is 1. The highest BCUT2D eigenvalue weighted by atomic mass is 35.5. The molecule has 21 heavy (non-hydrogen) atoms. The Morgan fingerprint density at radius 1 is 1.29 bits per heavy atom. The van der Waals surface area contributed by atoms with Crippen LogP contribution in [0.2, 0.25) is 5.02 Å². The molecule has 2 aromatic rings. The lowest BCUT2D eigenvalue weighted by Gasteiger charge is -2.12. The third-order valence-corrected chi connectivity index (χ3v) is 4.00. The lowest BCUT2D eigenvalue weighted by molar-refractivity contribution is 0.633. The number of rotatable bonds is 7. The van der Waals surface area contributed by atoms with Crippen LogP contribution in [-0.4, -0.2) is 9.55 Å². The number of hydrogen-bond donors (Lipinski definition) is 0. The average Bonchev–Trinajstić information content (AvgIpc) is 2.93. The van der Waals surface area contributed by atoms with Gasteiger partial charge < -0.3 is 4.57 Å². The number of allylic oxidation sites excluding steroid dienone is 1. The molecule has 1 aromatic heterocycles. The van der Waals surface area contributed by atoms with Gasteiger partial charge in [0.15, 0.2) is 0 Å². The maximum Gasteiger partial charge on any atom is 0.108 e. The third kappa shape index (κ3) is 3.98. The molecular formula is C18H23ClN2. The van der Waals surface area contributed by atoms with Gasteiger partial charge in [-0.05, 0) is 48.1 Å². The van der Waals surface area contributed by atoms with Gasteiger partial charge >= 0.3 is 0 Å². The Morgan fingerprint density at radius 2 is 2.10 bits per heavy atom. The van der Waals surface area contributed by atoms with Gasteiger partial charge in [0.25, 0.3) is 0 Å². The molecule has 1 aromatic carbocycles. The van der Waals surface area contributed by atoms with Crippen LogP contribution in [0.5, 0.6) is 0 Å². The summed E-state index contributed by atoms with van der Waals surface area (Å²) in [5, 5.41) is 0.774. The van der Waals surface area contributed by atoms with Crippen molar-refractivity contribution in [2.45, 2.75) is 46.1 Å². The Hall–Kier alpha value is -1.54. The Balaban J connectivity index is 2.16. The number of nitrogens with zero attached hydrogens (tertiary/aromatic N) is 2. The topological polar surface area (TPSA) is 17.8 Å². The molecule has 3 heteroatoms. The second-order valence-electron chi connectivity index (χ2n) is 5.30. The molecule has 0 spiro atoms. The first-order valence-electron chi connectivity index (χ1n) is 7.62. The Bertz CT molecular complexity index is 613. The van der Waals surface area contributed by atoms with Crippen molar-refractivity contribution < 1.29 is 0 Å². The van der Waals surface area contributed by atoms with Crippen molar-refractivity contribution in [1.82, 2.24) is 9.55 Å². The van der Waals surface area contributed by atoms with E-state index in [1.54, 1.807) is 0 Å². The monoisotopic (exact) mass is 302 g/mol. The summed E-state index contributed by atoms with van der Waals surface area (Å²) >= 11 is 6.13. The zero-order chi connectivity index (χ0) is 15.2. The summed E-state index contributed by atoms with van der Waals surface area (Å²) in [6.07, 6.45) is 7.93. The van der Waals surface area contributed by atoms with Gasteiger partial charge in [0, 0.05) is 30.4 Å². The largest absolute Gasteiger partial charge is 0.335 e. The van der Waals surface area contributed by atoms with Crippen molar-refractivity contribution in [1.29, 1.82) is 0 Å². The summed E-state index contributed by atoms with van der Waals surface area (Å²) in [5.74, 6) is 1.15. The highest BCUT2D eigenvalue weighted by molar-refractivity contribution is 6.30. The molecule has 1 heterocycles. The summed E-state index contributed by atoms with van der Waals surface area (Å²) in [7, 11) is 0. The molecule has 0 N–H and O–H groups in total. The molecule has 0 radical (unpaired) electrons. The van der Waals surface area contributed by atoms with Crippen molar-refractivity contribution in [2.24, 2.45) is 0 Å². The molecule has 0 aliphatic carbocycles. The summed E-state index contributed by atoms with van der Waals surface area (Å²) in [4.78, 5) is 4.48. The van der Waals surface area contributed by atoms with Gasteiger partial charge in [-0.1, -0.05) is 38.1 Å². The summed E-state index contributed by atoms with van der Waals surface area (Å²) < 4.78 is 2.24. The molecular weight excluding hydrogens is 280 g/mol. The van der Waals surface area contributed by atoms with E-state index in [0.717, 1.165) is 48.6 Å². The quantitative estimate of drug-likeness (QED) is 0.691. The second-order valence-corrected chi connectivity index (χ2v) is 5.73. The molecule has 112 valence electrons. The zero-order valence-electron chi connectivity index (χ0n) is 12.9. The van der Waals surface area contributed by atoms with E-state index in [9.17, 15) is 0 Å². The molecule has 0 bridgehead atoms. The summed E-state index contributed by atoms with van der Waals surface area (Å²) in [6, 6.07) is 6.11. The van der Waals surface area contributed by atoms with E-state index in [4.69, 9.17) is 11.6 Å². The van der Waals surface area contributed by atoms with Gasteiger partial charge in [-0.3, -0.25) is 0 Å². The minimum absolute atomic E-state index is 0.774. The predicted octanol–water partition coefficient (Wildman–Crippen LogP) is 5.15. The number of imidazole rings is 1. The van der Waals surface area contributed by atoms with Gasteiger partial charge in [0.1, 0.15) is 5.82 Å². The molecule has 0 saturated carbocycles. The van der Waals surface area contributed by atoms with Crippen LogP contribution in [-0.2, 0) is 19.4 Å². The molecule has 0 saturated heterocycles. The second kappa shape index (κ2) is 7.46. The van der Waals surface area contributed by atoms with Crippen LogP contribution in [0.15, 0.2) is 37.2 Å². The third-order valence-electron chi connectivity index (χ3n) is 3.76. The smallest absolute Gasteiger partial charge is 0.108 e. The Kier molecular flexibility index (Phi) is 5.63. The van der Waals surface area contributed by atoms with Crippen LogP contribution in [0.25, 0.3) is 5.57 Å². The van der Waals surface area contributed by atoms with Crippen molar-refractivity contribution in [3.63, 3.8) is 0 Å². The molecule has 0 unspecified atom stereocenters. The van der Waals surface area contributed by atoms with Gasteiger partial charge in [-0.15, -0.1) is 0 Å². The molecule has 2 rings (SSSR count). The standard InChI is InChI=1S/C18H23ClN2/c1-4-11-21-12-10-20-18(21)9-7-15-6-8-16(19)13-17(15)14(3)5-2/h6,8,10,12-13H,3-5,7,9,11H2,1-2H3. The summed E-state index contributed by atoms with van der Waals surface area (Å²) in [5.41, 5.74) is 3.64. The van der Waals surface area contributed by atoms with Crippen LogP contribution in [0, 0.1) is 0 Å². The molecule has 0 atom stereocenters. The van der Waals surface area contributed by atoms with Crippen LogP contribution >= 0.6 is 11.6 Å². The molecule has 0 aliphatic rings. The number of aryl methyl sites for hydroxylation is 3. The van der Waals surface area contributed by atoms with Gasteiger partial charge in [-0.2, -0.15) is 0 Å². The van der Waals surface area contributed by atoms with Gasteiger partial charge in [-0.25, -0.2) is 4.98 Å². The normalized spacial score (nSPS) is 10.8. The first-order valence-corrected chi connectivity index (χ1v) is 8.00.